The highest BCUT2D eigenvalue weighted by atomic mass is 16.2. The summed E-state index contributed by atoms with van der Waals surface area (Å²) in [5, 5.41) is 2.70. The maximum atomic E-state index is 12.2. The van der Waals surface area contributed by atoms with E-state index in [0.717, 1.165) is 31.2 Å². The minimum atomic E-state index is -0.549. The van der Waals surface area contributed by atoms with Crippen LogP contribution in [0.5, 0.6) is 0 Å². The standard InChI is InChI=1S/C16H22N2O2/c1-12-8-6-7-11-14(12)17-15(19)16(20)18(2)13-9-4-3-5-10-13/h6-8,11,13H,3-5,9-10H2,1-2H3,(H,17,19). The number of amides is 2. The molecular formula is C16H22N2O2. The van der Waals surface area contributed by atoms with Crippen molar-refractivity contribution in [3.8, 4) is 0 Å². The zero-order valence-corrected chi connectivity index (χ0v) is 12.2. The number of carbonyl (C=O) groups is 2. The van der Waals surface area contributed by atoms with E-state index in [1.807, 2.05) is 25.1 Å². The third-order valence-electron chi connectivity index (χ3n) is 4.03. The summed E-state index contributed by atoms with van der Waals surface area (Å²) in [6.07, 6.45) is 5.51. The van der Waals surface area contributed by atoms with E-state index in [1.165, 1.54) is 6.42 Å². The molecular weight excluding hydrogens is 252 g/mol. The number of hydrogen-bond donors (Lipinski definition) is 1. The maximum Gasteiger partial charge on any atom is 0.313 e. The van der Waals surface area contributed by atoms with Crippen LogP contribution in [0.15, 0.2) is 24.3 Å². The van der Waals surface area contributed by atoms with Crippen molar-refractivity contribution >= 4 is 17.5 Å². The Hall–Kier alpha value is -1.84. The van der Waals surface area contributed by atoms with Crippen molar-refractivity contribution in [2.24, 2.45) is 0 Å². The SMILES string of the molecule is Cc1ccccc1NC(=O)C(=O)N(C)C1CCCCC1. The molecule has 1 fully saturated rings. The predicted octanol–water partition coefficient (Wildman–Crippen LogP) is 2.72. The fraction of sp³-hybridized carbons (Fsp3) is 0.500. The van der Waals surface area contributed by atoms with E-state index in [9.17, 15) is 9.59 Å². The summed E-state index contributed by atoms with van der Waals surface area (Å²) < 4.78 is 0. The molecule has 0 aliphatic heterocycles. The second kappa shape index (κ2) is 6.55. The van der Waals surface area contributed by atoms with Gasteiger partial charge in [-0.2, -0.15) is 0 Å². The highest BCUT2D eigenvalue weighted by molar-refractivity contribution is 6.39. The van der Waals surface area contributed by atoms with E-state index in [2.05, 4.69) is 5.32 Å². The number of likely N-dealkylation sites (N-methyl/N-ethyl adjacent to an activating group) is 1. The number of benzene rings is 1. The van der Waals surface area contributed by atoms with Crippen LogP contribution in [0.25, 0.3) is 0 Å². The maximum absolute atomic E-state index is 12.2. The Bertz CT molecular complexity index is 493. The van der Waals surface area contributed by atoms with E-state index in [-0.39, 0.29) is 6.04 Å². The molecule has 1 saturated carbocycles. The van der Waals surface area contributed by atoms with Gasteiger partial charge in [-0.3, -0.25) is 9.59 Å². The van der Waals surface area contributed by atoms with E-state index in [1.54, 1.807) is 18.0 Å². The number of hydrogen-bond acceptors (Lipinski definition) is 2. The molecule has 0 atom stereocenters. The van der Waals surface area contributed by atoms with Crippen LogP contribution >= 0.6 is 0 Å². The van der Waals surface area contributed by atoms with Crippen molar-refractivity contribution in [2.45, 2.75) is 45.1 Å². The Labute approximate surface area is 120 Å². The summed E-state index contributed by atoms with van der Waals surface area (Å²) in [5.74, 6) is -0.993. The van der Waals surface area contributed by atoms with Crippen LogP contribution in [-0.2, 0) is 9.59 Å². The molecule has 1 aromatic carbocycles. The number of rotatable bonds is 2. The molecule has 1 N–H and O–H groups in total. The largest absolute Gasteiger partial charge is 0.335 e. The summed E-state index contributed by atoms with van der Waals surface area (Å²) in [5.41, 5.74) is 1.65. The number of carbonyl (C=O) groups excluding carboxylic acids is 2. The van der Waals surface area contributed by atoms with Crippen LogP contribution in [0, 0.1) is 6.92 Å². The fourth-order valence-electron chi connectivity index (χ4n) is 2.68. The zero-order chi connectivity index (χ0) is 14.5. The van der Waals surface area contributed by atoms with Crippen LogP contribution in [0.3, 0.4) is 0 Å². The topological polar surface area (TPSA) is 49.4 Å². The second-order valence-electron chi connectivity index (χ2n) is 5.48. The first-order chi connectivity index (χ1) is 9.59. The molecule has 1 aromatic rings. The van der Waals surface area contributed by atoms with Gasteiger partial charge in [0.25, 0.3) is 0 Å². The molecule has 0 aromatic heterocycles. The molecule has 108 valence electrons. The number of nitrogens with one attached hydrogen (secondary N) is 1. The normalized spacial score (nSPS) is 15.7. The molecule has 1 aliphatic rings. The fourth-order valence-corrected chi connectivity index (χ4v) is 2.68. The van der Waals surface area contributed by atoms with Crippen LogP contribution in [-0.4, -0.2) is 29.8 Å². The highest BCUT2D eigenvalue weighted by Gasteiger charge is 2.26. The van der Waals surface area contributed by atoms with Crippen molar-refractivity contribution < 1.29 is 9.59 Å². The summed E-state index contributed by atoms with van der Waals surface area (Å²) in [6, 6.07) is 7.67. The molecule has 4 nitrogen and oxygen atoms in total. The van der Waals surface area contributed by atoms with E-state index >= 15 is 0 Å². The first kappa shape index (κ1) is 14.6. The van der Waals surface area contributed by atoms with Gasteiger partial charge >= 0.3 is 11.8 Å². The summed E-state index contributed by atoms with van der Waals surface area (Å²) >= 11 is 0. The number of anilines is 1. The monoisotopic (exact) mass is 274 g/mol. The quantitative estimate of drug-likeness (QED) is 0.843. The molecule has 4 heteroatoms. The molecule has 0 radical (unpaired) electrons. The van der Waals surface area contributed by atoms with Crippen molar-refractivity contribution in [2.75, 3.05) is 12.4 Å². The third-order valence-corrected chi connectivity index (χ3v) is 4.03. The summed E-state index contributed by atoms with van der Waals surface area (Å²) in [6.45, 7) is 1.91. The van der Waals surface area contributed by atoms with Gasteiger partial charge in [-0.05, 0) is 31.4 Å². The highest BCUT2D eigenvalue weighted by Crippen LogP contribution is 2.22. The lowest BCUT2D eigenvalue weighted by molar-refractivity contribution is -0.144. The van der Waals surface area contributed by atoms with Crippen molar-refractivity contribution in [1.82, 2.24) is 4.90 Å². The summed E-state index contributed by atoms with van der Waals surface area (Å²) in [4.78, 5) is 25.8. The van der Waals surface area contributed by atoms with Gasteiger partial charge in [-0.1, -0.05) is 37.5 Å². The van der Waals surface area contributed by atoms with Crippen molar-refractivity contribution in [3.63, 3.8) is 0 Å². The van der Waals surface area contributed by atoms with Gasteiger partial charge in [0, 0.05) is 18.8 Å². The van der Waals surface area contributed by atoms with Crippen LogP contribution < -0.4 is 5.32 Å². The number of aryl methyl sites for hydroxylation is 1. The molecule has 2 rings (SSSR count). The lowest BCUT2D eigenvalue weighted by atomic mass is 9.94. The van der Waals surface area contributed by atoms with E-state index in [0.29, 0.717) is 5.69 Å². The van der Waals surface area contributed by atoms with Crippen molar-refractivity contribution in [3.05, 3.63) is 29.8 Å². The van der Waals surface area contributed by atoms with Crippen LogP contribution in [0.1, 0.15) is 37.7 Å². The molecule has 2 amide bonds. The van der Waals surface area contributed by atoms with E-state index < -0.39 is 11.8 Å². The van der Waals surface area contributed by atoms with Gasteiger partial charge in [0.15, 0.2) is 0 Å². The Morgan fingerprint density at radius 2 is 1.80 bits per heavy atom. The average molecular weight is 274 g/mol. The smallest absolute Gasteiger partial charge is 0.313 e. The van der Waals surface area contributed by atoms with Gasteiger partial charge in [0.2, 0.25) is 0 Å². The van der Waals surface area contributed by atoms with Crippen LogP contribution in [0.4, 0.5) is 5.69 Å². The zero-order valence-electron chi connectivity index (χ0n) is 12.2. The van der Waals surface area contributed by atoms with Gasteiger partial charge < -0.3 is 10.2 Å². The van der Waals surface area contributed by atoms with Gasteiger partial charge in [0.05, 0.1) is 0 Å². The Kier molecular flexibility index (Phi) is 4.77. The molecule has 0 heterocycles. The predicted molar refractivity (Wildman–Crippen MR) is 79.5 cm³/mol. The lowest BCUT2D eigenvalue weighted by Gasteiger charge is -2.30. The van der Waals surface area contributed by atoms with Gasteiger partial charge in [-0.15, -0.1) is 0 Å². The first-order valence-electron chi connectivity index (χ1n) is 7.23. The van der Waals surface area contributed by atoms with Crippen LogP contribution in [0.2, 0.25) is 0 Å². The summed E-state index contributed by atoms with van der Waals surface area (Å²) in [7, 11) is 1.73. The molecule has 0 saturated heterocycles. The van der Waals surface area contributed by atoms with Gasteiger partial charge in [-0.25, -0.2) is 0 Å². The molecule has 0 unspecified atom stereocenters. The number of nitrogens with zero attached hydrogens (tertiary/aromatic N) is 1. The van der Waals surface area contributed by atoms with E-state index in [4.69, 9.17) is 0 Å². The van der Waals surface area contributed by atoms with Gasteiger partial charge in [0.1, 0.15) is 0 Å². The van der Waals surface area contributed by atoms with Crippen molar-refractivity contribution in [1.29, 1.82) is 0 Å². The molecule has 1 aliphatic carbocycles. The minimum Gasteiger partial charge on any atom is -0.335 e. The Morgan fingerprint density at radius 1 is 1.15 bits per heavy atom. The third kappa shape index (κ3) is 3.38. The number of para-hydroxylation sites is 1. The lowest BCUT2D eigenvalue weighted by Crippen LogP contribution is -2.44. The second-order valence-corrected chi connectivity index (χ2v) is 5.48. The first-order valence-corrected chi connectivity index (χ1v) is 7.23. The minimum absolute atomic E-state index is 0.207. The molecule has 0 bridgehead atoms. The average Bonchev–Trinajstić information content (AvgIpc) is 2.49. The molecule has 0 spiro atoms. The Balaban J connectivity index is 1.98. The molecule has 20 heavy (non-hydrogen) atoms. The Morgan fingerprint density at radius 3 is 2.45 bits per heavy atom.